The van der Waals surface area contributed by atoms with Gasteiger partial charge in [0.15, 0.2) is 5.60 Å². The Kier molecular flexibility index (Phi) is 6.61. The van der Waals surface area contributed by atoms with Gasteiger partial charge in [0.1, 0.15) is 11.6 Å². The fourth-order valence-electron chi connectivity index (χ4n) is 9.06. The fourth-order valence-corrected chi connectivity index (χ4v) is 9.55. The Balaban J connectivity index is 1.33. The van der Waals surface area contributed by atoms with Crippen LogP contribution in [0.4, 0.5) is 4.39 Å². The van der Waals surface area contributed by atoms with E-state index in [2.05, 4.69) is 168 Å². The molecule has 0 saturated carbocycles. The molecule has 6 aromatic rings. The van der Waals surface area contributed by atoms with Crippen molar-refractivity contribution in [3.8, 4) is 28.0 Å². The normalized spacial score (nSPS) is 19.0. The van der Waals surface area contributed by atoms with E-state index in [1.54, 1.807) is 12.1 Å². The molecular weight excluding hydrogens is 726 g/mol. The number of rotatable bonds is 2. The number of ether oxygens (including phenoxy) is 1. The number of hydrogen-bond donors (Lipinski definition) is 0. The van der Waals surface area contributed by atoms with Crippen molar-refractivity contribution in [2.75, 3.05) is 0 Å². The highest BCUT2D eigenvalue weighted by molar-refractivity contribution is 14.1. The lowest BCUT2D eigenvalue weighted by Gasteiger charge is -2.39. The third-order valence-corrected chi connectivity index (χ3v) is 12.4. The van der Waals surface area contributed by atoms with Crippen molar-refractivity contribution in [1.82, 2.24) is 0 Å². The molecule has 0 aromatic heterocycles. The Morgan fingerprint density at radius 2 is 1.32 bits per heavy atom. The van der Waals surface area contributed by atoms with E-state index < -0.39 is 5.60 Å². The van der Waals surface area contributed by atoms with E-state index in [0.717, 1.165) is 33.2 Å². The average Bonchev–Trinajstić information content (AvgIpc) is 3.47. The van der Waals surface area contributed by atoms with E-state index in [9.17, 15) is 0 Å². The topological polar surface area (TPSA) is 9.23 Å². The Bertz CT molecular complexity index is 2460. The number of benzene rings is 6. The van der Waals surface area contributed by atoms with Crippen molar-refractivity contribution >= 4 is 39.4 Å². The van der Waals surface area contributed by atoms with Crippen molar-refractivity contribution in [3.63, 3.8) is 0 Å². The van der Waals surface area contributed by atoms with E-state index in [4.69, 9.17) is 4.74 Å². The highest BCUT2D eigenvalue weighted by Crippen LogP contribution is 2.59. The third-order valence-electron chi connectivity index (χ3n) is 11.7. The van der Waals surface area contributed by atoms with Crippen LogP contribution in [-0.4, -0.2) is 0 Å². The summed E-state index contributed by atoms with van der Waals surface area (Å²) in [5.41, 5.74) is 13.2. The molecule has 0 fully saturated rings. The molecule has 1 nitrogen and oxygen atoms in total. The minimum Gasteiger partial charge on any atom is -0.472 e. The van der Waals surface area contributed by atoms with Crippen LogP contribution >= 0.6 is 22.6 Å². The van der Waals surface area contributed by atoms with Gasteiger partial charge in [0.25, 0.3) is 0 Å². The summed E-state index contributed by atoms with van der Waals surface area (Å²) in [5, 5.41) is 1.82. The third kappa shape index (κ3) is 4.28. The highest BCUT2D eigenvalue weighted by Gasteiger charge is 2.45. The van der Waals surface area contributed by atoms with E-state index in [1.807, 2.05) is 6.07 Å². The molecule has 1 heterocycles. The molecule has 0 spiro atoms. The summed E-state index contributed by atoms with van der Waals surface area (Å²) in [6, 6.07) is 36.5. The lowest BCUT2D eigenvalue weighted by molar-refractivity contribution is 0.163. The van der Waals surface area contributed by atoms with Crippen LogP contribution < -0.4 is 4.74 Å². The highest BCUT2D eigenvalue weighted by atomic mass is 127. The summed E-state index contributed by atoms with van der Waals surface area (Å²) >= 11 is 2.41. The second-order valence-corrected chi connectivity index (χ2v) is 17.7. The van der Waals surface area contributed by atoms with E-state index in [-0.39, 0.29) is 22.1 Å². The predicted octanol–water partition coefficient (Wildman–Crippen LogP) is 12.8. The van der Waals surface area contributed by atoms with Gasteiger partial charge in [-0.25, -0.2) is 4.39 Å². The minimum atomic E-state index is -0.943. The zero-order valence-electron chi connectivity index (χ0n) is 29.6. The smallest absolute Gasteiger partial charge is 0.178 e. The lowest BCUT2D eigenvalue weighted by atomic mass is 9.75. The van der Waals surface area contributed by atoms with Gasteiger partial charge in [-0.2, -0.15) is 0 Å². The quantitative estimate of drug-likeness (QED) is 0.160. The average molecular weight is 767 g/mol. The zero-order chi connectivity index (χ0) is 35.0. The second kappa shape index (κ2) is 10.4. The van der Waals surface area contributed by atoms with E-state index in [1.165, 1.54) is 53.6 Å². The predicted molar refractivity (Wildman–Crippen MR) is 214 cm³/mol. The van der Waals surface area contributed by atoms with E-state index >= 15 is 4.39 Å². The summed E-state index contributed by atoms with van der Waals surface area (Å²) in [6.07, 6.45) is 4.53. The molecule has 9 rings (SSSR count). The second-order valence-electron chi connectivity index (χ2n) is 16.4. The Hall–Kier alpha value is -4.22. The summed E-state index contributed by atoms with van der Waals surface area (Å²) in [4.78, 5) is 0. The van der Waals surface area contributed by atoms with Crippen LogP contribution in [-0.2, 0) is 21.8 Å². The summed E-state index contributed by atoms with van der Waals surface area (Å²) in [6.45, 7) is 16.0. The number of halogens is 2. The molecule has 6 aromatic carbocycles. The first-order valence-corrected chi connectivity index (χ1v) is 18.6. The van der Waals surface area contributed by atoms with Crippen molar-refractivity contribution in [2.24, 2.45) is 0 Å². The molecule has 1 atom stereocenters. The fraction of sp³-hybridized carbons (Fsp3) is 0.234. The van der Waals surface area contributed by atoms with Gasteiger partial charge in [0.05, 0.1) is 0 Å². The molecule has 0 radical (unpaired) electrons. The SMILES string of the molecule is CC(C)(C)c1ccc(C2(c3ccc4c(c3)C(C)(C)c3ccccc3-4)C=Cc3c4c(c5ccc(F)cc5c3O2)-c2ccc(I)cc2C4(C)C)cc1. The first-order valence-electron chi connectivity index (χ1n) is 17.6. The molecule has 0 amide bonds. The molecular formula is C47H40FIO. The Morgan fingerprint density at radius 1 is 0.640 bits per heavy atom. The molecule has 50 heavy (non-hydrogen) atoms. The van der Waals surface area contributed by atoms with Gasteiger partial charge >= 0.3 is 0 Å². The minimum absolute atomic E-state index is 0.0115. The molecule has 3 heteroatoms. The van der Waals surface area contributed by atoms with E-state index in [0.29, 0.717) is 0 Å². The standard InChI is InChI=1S/C47H40FIO/c1-44(2,3)27-12-14-28(15-13-27)47(29-16-19-33-32-10-8-9-11-38(32)45(4,5)39(33)24-29)23-22-36-42-41(34-20-17-30(48)25-37(34)43(36)50-47)35-21-18-31(49)26-40(35)46(42,6)7/h8-26H,1-7H3. The van der Waals surface area contributed by atoms with Gasteiger partial charge in [-0.3, -0.25) is 0 Å². The maximum Gasteiger partial charge on any atom is 0.178 e. The Morgan fingerprint density at radius 3 is 2.08 bits per heavy atom. The van der Waals surface area contributed by atoms with Gasteiger partial charge in [-0.15, -0.1) is 0 Å². The first kappa shape index (κ1) is 31.7. The number of hydrogen-bond acceptors (Lipinski definition) is 1. The molecule has 1 unspecified atom stereocenters. The maximum absolute atomic E-state index is 15.3. The molecule has 3 aliphatic rings. The lowest BCUT2D eigenvalue weighted by Crippen LogP contribution is -2.35. The van der Waals surface area contributed by atoms with Crippen LogP contribution in [0.2, 0.25) is 0 Å². The molecule has 2 aliphatic carbocycles. The Labute approximate surface area is 308 Å². The van der Waals surface area contributed by atoms with Gasteiger partial charge in [0, 0.05) is 36.5 Å². The van der Waals surface area contributed by atoms with Crippen LogP contribution in [0.1, 0.15) is 93.0 Å². The van der Waals surface area contributed by atoms with Crippen molar-refractivity contribution in [2.45, 2.75) is 70.3 Å². The summed E-state index contributed by atoms with van der Waals surface area (Å²) in [7, 11) is 0. The zero-order valence-corrected chi connectivity index (χ0v) is 31.8. The van der Waals surface area contributed by atoms with Crippen LogP contribution in [0, 0.1) is 9.39 Å². The van der Waals surface area contributed by atoms with Crippen molar-refractivity contribution in [1.29, 1.82) is 0 Å². The van der Waals surface area contributed by atoms with Crippen molar-refractivity contribution in [3.05, 3.63) is 163 Å². The molecule has 248 valence electrons. The van der Waals surface area contributed by atoms with Crippen LogP contribution in [0.3, 0.4) is 0 Å². The summed E-state index contributed by atoms with van der Waals surface area (Å²) in [5.74, 6) is 0.467. The van der Waals surface area contributed by atoms with Gasteiger partial charge < -0.3 is 4.74 Å². The largest absolute Gasteiger partial charge is 0.472 e. The van der Waals surface area contributed by atoms with Crippen molar-refractivity contribution < 1.29 is 9.13 Å². The van der Waals surface area contributed by atoms with Crippen LogP contribution in [0.5, 0.6) is 5.75 Å². The molecule has 1 aliphatic heterocycles. The number of fused-ring (bicyclic) bond motifs is 11. The first-order chi connectivity index (χ1) is 23.7. The monoisotopic (exact) mass is 766 g/mol. The van der Waals surface area contributed by atoms with Crippen LogP contribution in [0.15, 0.2) is 109 Å². The molecule has 0 N–H and O–H groups in total. The molecule has 0 bridgehead atoms. The van der Waals surface area contributed by atoms with Gasteiger partial charge in [-0.05, 0) is 120 Å². The summed E-state index contributed by atoms with van der Waals surface area (Å²) < 4.78 is 24.1. The van der Waals surface area contributed by atoms with Gasteiger partial charge in [0.2, 0.25) is 0 Å². The maximum atomic E-state index is 15.3. The molecule has 0 saturated heterocycles. The van der Waals surface area contributed by atoms with Crippen LogP contribution in [0.25, 0.3) is 39.1 Å². The van der Waals surface area contributed by atoms with Gasteiger partial charge in [-0.1, -0.05) is 127 Å².